The minimum atomic E-state index is 0. The average Bonchev–Trinajstić information content (AvgIpc) is 2.04. The summed E-state index contributed by atoms with van der Waals surface area (Å²) in [5.41, 5.74) is 0.875. The molecule has 0 aliphatic rings. The average molecular weight is 305 g/mol. The molecule has 0 amide bonds. The second-order valence-corrected chi connectivity index (χ2v) is 2.83. The zero-order chi connectivity index (χ0) is 8.55. The van der Waals surface area contributed by atoms with Crippen LogP contribution in [-0.4, -0.2) is 10.6 Å². The van der Waals surface area contributed by atoms with Gasteiger partial charge in [0.25, 0.3) is 5.52 Å². The monoisotopic (exact) mass is 305 g/mol. The molecule has 0 unspecified atom stereocenters. The molecule has 3 N–H and O–H groups in total. The van der Waals surface area contributed by atoms with Crippen molar-refractivity contribution in [2.24, 2.45) is 7.05 Å². The molecule has 0 aliphatic heterocycles. The molecule has 2 aromatic rings. The van der Waals surface area contributed by atoms with Gasteiger partial charge in [-0.1, -0.05) is 6.07 Å². The van der Waals surface area contributed by atoms with Gasteiger partial charge in [-0.3, -0.25) is 0 Å². The van der Waals surface area contributed by atoms with Crippen molar-refractivity contribution in [2.75, 3.05) is 0 Å². The summed E-state index contributed by atoms with van der Waals surface area (Å²) >= 11 is 0. The summed E-state index contributed by atoms with van der Waals surface area (Å²) in [5.74, 6) is 0.329. The van der Waals surface area contributed by atoms with E-state index in [-0.39, 0.29) is 29.5 Å². The molecule has 3 nitrogen and oxygen atoms in total. The van der Waals surface area contributed by atoms with E-state index in [1.54, 1.807) is 6.07 Å². The zero-order valence-corrected chi connectivity index (χ0v) is 9.89. The highest BCUT2D eigenvalue weighted by atomic mass is 127. The van der Waals surface area contributed by atoms with Gasteiger partial charge in [0.05, 0.1) is 5.39 Å². The van der Waals surface area contributed by atoms with Gasteiger partial charge in [0, 0.05) is 6.07 Å². The molecule has 2 rings (SSSR count). The normalized spacial score (nSPS) is 8.93. The highest BCUT2D eigenvalue weighted by Crippen LogP contribution is 2.19. The Hall–Kier alpha value is -0.880. The molecule has 0 bridgehead atoms. The lowest BCUT2D eigenvalue weighted by Gasteiger charge is -1.96. The Morgan fingerprint density at radius 1 is 1.14 bits per heavy atom. The van der Waals surface area contributed by atoms with E-state index in [1.807, 2.05) is 42.1 Å². The molecule has 0 saturated heterocycles. The zero-order valence-electron chi connectivity index (χ0n) is 7.74. The van der Waals surface area contributed by atoms with E-state index in [9.17, 15) is 5.11 Å². The first-order valence-corrected chi connectivity index (χ1v) is 3.85. The van der Waals surface area contributed by atoms with Gasteiger partial charge in [0.2, 0.25) is 0 Å². The lowest BCUT2D eigenvalue weighted by Crippen LogP contribution is -3.00. The standard InChI is InChI=1S/C10H9NO.HI.H2O/c1-11-7-3-5-8-4-2-6-9(12)10(8)11;;/h2-7H,1H3;1H;1H2. The molecule has 0 atom stereocenters. The maximum Gasteiger partial charge on any atom is 0.254 e. The van der Waals surface area contributed by atoms with E-state index >= 15 is 0 Å². The number of para-hydroxylation sites is 1. The summed E-state index contributed by atoms with van der Waals surface area (Å²) in [7, 11) is 1.92. The van der Waals surface area contributed by atoms with Crippen LogP contribution in [-0.2, 0) is 7.05 Å². The molecular formula is C10H12INO2. The van der Waals surface area contributed by atoms with Gasteiger partial charge >= 0.3 is 0 Å². The van der Waals surface area contributed by atoms with E-state index in [0.717, 1.165) is 10.9 Å². The Balaban J connectivity index is 0.000000845. The van der Waals surface area contributed by atoms with Crippen molar-refractivity contribution in [3.05, 3.63) is 36.5 Å². The Kier molecular flexibility index (Phi) is 4.79. The summed E-state index contributed by atoms with van der Waals surface area (Å²) in [4.78, 5) is 0. The number of hydrogen-bond donors (Lipinski definition) is 1. The van der Waals surface area contributed by atoms with Crippen LogP contribution in [0.1, 0.15) is 0 Å². The Labute approximate surface area is 99.3 Å². The molecule has 0 saturated carbocycles. The first-order valence-electron chi connectivity index (χ1n) is 3.85. The Morgan fingerprint density at radius 2 is 1.79 bits per heavy atom. The molecule has 0 spiro atoms. The van der Waals surface area contributed by atoms with Crippen LogP contribution in [0.15, 0.2) is 36.5 Å². The van der Waals surface area contributed by atoms with Crippen molar-refractivity contribution in [1.29, 1.82) is 0 Å². The molecular weight excluding hydrogens is 293 g/mol. The number of phenolic OH excluding ortho intramolecular Hbond substituents is 1. The molecule has 0 fully saturated rings. The number of fused-ring (bicyclic) bond motifs is 1. The number of rotatable bonds is 0. The van der Waals surface area contributed by atoms with Gasteiger partial charge in [-0.2, -0.15) is 4.57 Å². The number of halogens is 1. The second-order valence-electron chi connectivity index (χ2n) is 2.83. The number of pyridine rings is 1. The van der Waals surface area contributed by atoms with E-state index < -0.39 is 0 Å². The smallest absolute Gasteiger partial charge is 0.254 e. The third kappa shape index (κ3) is 2.13. The van der Waals surface area contributed by atoms with Crippen LogP contribution >= 0.6 is 0 Å². The minimum Gasteiger partial charge on any atom is -1.00 e. The molecule has 4 heteroatoms. The van der Waals surface area contributed by atoms with E-state index in [1.165, 1.54) is 0 Å². The number of nitrogens with zero attached hydrogens (tertiary/aromatic N) is 1. The van der Waals surface area contributed by atoms with Crippen molar-refractivity contribution < 1.29 is 39.1 Å². The fourth-order valence-electron chi connectivity index (χ4n) is 1.42. The van der Waals surface area contributed by atoms with Crippen molar-refractivity contribution in [2.45, 2.75) is 0 Å². The van der Waals surface area contributed by atoms with Crippen molar-refractivity contribution in [3.63, 3.8) is 0 Å². The topological polar surface area (TPSA) is 55.6 Å². The van der Waals surface area contributed by atoms with Crippen LogP contribution in [0.3, 0.4) is 0 Å². The van der Waals surface area contributed by atoms with Gasteiger partial charge in [-0.25, -0.2) is 0 Å². The number of aromatic nitrogens is 1. The van der Waals surface area contributed by atoms with Crippen LogP contribution in [0, 0.1) is 0 Å². The highest BCUT2D eigenvalue weighted by molar-refractivity contribution is 5.80. The van der Waals surface area contributed by atoms with Gasteiger partial charge in [0.15, 0.2) is 11.9 Å². The lowest BCUT2D eigenvalue weighted by molar-refractivity contribution is -0.645. The van der Waals surface area contributed by atoms with Crippen molar-refractivity contribution in [1.82, 2.24) is 0 Å². The molecule has 0 aliphatic carbocycles. The molecule has 1 heterocycles. The third-order valence-electron chi connectivity index (χ3n) is 1.98. The molecule has 1 aromatic carbocycles. The predicted octanol–water partition coefficient (Wildman–Crippen LogP) is -2.45. The van der Waals surface area contributed by atoms with Crippen molar-refractivity contribution in [3.8, 4) is 5.75 Å². The first-order chi connectivity index (χ1) is 5.79. The lowest BCUT2D eigenvalue weighted by atomic mass is 10.2. The van der Waals surface area contributed by atoms with E-state index in [2.05, 4.69) is 0 Å². The largest absolute Gasteiger partial charge is 1.00 e. The fraction of sp³-hybridized carbons (Fsp3) is 0.100. The number of hydrogen-bond acceptors (Lipinski definition) is 1. The van der Waals surface area contributed by atoms with Crippen LogP contribution in [0.4, 0.5) is 0 Å². The van der Waals surface area contributed by atoms with Gasteiger partial charge in [-0.05, 0) is 18.2 Å². The number of benzene rings is 1. The second kappa shape index (κ2) is 5.11. The first kappa shape index (κ1) is 13.1. The molecule has 1 aromatic heterocycles. The van der Waals surface area contributed by atoms with Gasteiger partial charge in [-0.15, -0.1) is 0 Å². The molecule has 76 valence electrons. The van der Waals surface area contributed by atoms with Crippen molar-refractivity contribution >= 4 is 10.9 Å². The third-order valence-corrected chi connectivity index (χ3v) is 1.98. The number of aromatic hydroxyl groups is 1. The predicted molar refractivity (Wildman–Crippen MR) is 50.4 cm³/mol. The quantitative estimate of drug-likeness (QED) is 0.426. The van der Waals surface area contributed by atoms with Crippen LogP contribution in [0.2, 0.25) is 0 Å². The molecule has 14 heavy (non-hydrogen) atoms. The van der Waals surface area contributed by atoms with Crippen LogP contribution in [0.25, 0.3) is 10.9 Å². The Bertz CT molecular complexity index is 395. The summed E-state index contributed by atoms with van der Waals surface area (Å²) in [6.07, 6.45) is 1.92. The Morgan fingerprint density at radius 3 is 2.43 bits per heavy atom. The van der Waals surface area contributed by atoms with Gasteiger partial charge < -0.3 is 34.6 Å². The fourth-order valence-corrected chi connectivity index (χ4v) is 1.42. The minimum absolute atomic E-state index is 0. The highest BCUT2D eigenvalue weighted by Gasteiger charge is 2.07. The van der Waals surface area contributed by atoms with Gasteiger partial charge in [0.1, 0.15) is 7.05 Å². The maximum atomic E-state index is 9.53. The summed E-state index contributed by atoms with van der Waals surface area (Å²) in [6, 6.07) is 9.46. The summed E-state index contributed by atoms with van der Waals surface area (Å²) in [6.45, 7) is 0. The van der Waals surface area contributed by atoms with Crippen LogP contribution in [0.5, 0.6) is 5.75 Å². The maximum absolute atomic E-state index is 9.53. The van der Waals surface area contributed by atoms with E-state index in [0.29, 0.717) is 5.75 Å². The van der Waals surface area contributed by atoms with Crippen LogP contribution < -0.4 is 28.5 Å². The number of aryl methyl sites for hydroxylation is 1. The summed E-state index contributed by atoms with van der Waals surface area (Å²) in [5, 5.41) is 10.6. The summed E-state index contributed by atoms with van der Waals surface area (Å²) < 4.78 is 1.91. The molecule has 0 radical (unpaired) electrons. The SMILES string of the molecule is C[n+]1cccc2cccc(O)c21.O.[I-]. The number of phenols is 1. The van der Waals surface area contributed by atoms with E-state index in [4.69, 9.17) is 0 Å².